The third-order valence-electron chi connectivity index (χ3n) is 10.1. The molecule has 3 N–H and O–H groups in total. The molecule has 8 nitrogen and oxygen atoms in total. The first-order valence-corrected chi connectivity index (χ1v) is 15.2. The van der Waals surface area contributed by atoms with Crippen LogP contribution in [0.15, 0.2) is 18.2 Å². The number of piperazine rings is 1. The summed E-state index contributed by atoms with van der Waals surface area (Å²) in [5.74, 6) is 0.245. The molecular weight excluding hydrogens is 536 g/mol. The highest BCUT2D eigenvalue weighted by Crippen LogP contribution is 2.42. The molecule has 0 amide bonds. The van der Waals surface area contributed by atoms with Crippen molar-refractivity contribution in [3.63, 3.8) is 0 Å². The number of nitrogens with one attached hydrogen (secondary N) is 3. The SMILES string of the molecule is CNc1c(C=N)cc(C)c(C)c1-c1ccc2c(N3CC4CCC(C3)N4)nc(OC[C@@]34CCCN3C[C@H](F)C4)nc2c1F. The van der Waals surface area contributed by atoms with Crippen molar-refractivity contribution in [2.45, 2.75) is 69.7 Å². The number of fused-ring (bicyclic) bond motifs is 4. The third kappa shape index (κ3) is 4.41. The fourth-order valence-corrected chi connectivity index (χ4v) is 7.90. The van der Waals surface area contributed by atoms with E-state index in [1.165, 1.54) is 6.21 Å². The van der Waals surface area contributed by atoms with Gasteiger partial charge in [0.2, 0.25) is 0 Å². The molecule has 7 rings (SSSR count). The van der Waals surface area contributed by atoms with Gasteiger partial charge in [0.15, 0.2) is 5.82 Å². The van der Waals surface area contributed by atoms with E-state index in [-0.39, 0.29) is 23.7 Å². The normalized spacial score (nSPS) is 27.1. The molecule has 10 heteroatoms. The molecule has 4 fully saturated rings. The summed E-state index contributed by atoms with van der Waals surface area (Å²) in [4.78, 5) is 14.0. The lowest BCUT2D eigenvalue weighted by Gasteiger charge is -2.34. The van der Waals surface area contributed by atoms with Crippen LogP contribution in [-0.2, 0) is 0 Å². The third-order valence-corrected chi connectivity index (χ3v) is 10.1. The fourth-order valence-electron chi connectivity index (χ4n) is 7.90. The number of aryl methyl sites for hydroxylation is 1. The van der Waals surface area contributed by atoms with Gasteiger partial charge >= 0.3 is 6.01 Å². The Morgan fingerprint density at radius 2 is 1.98 bits per heavy atom. The van der Waals surface area contributed by atoms with Crippen LogP contribution in [0.5, 0.6) is 6.01 Å². The van der Waals surface area contributed by atoms with Gasteiger partial charge in [-0.25, -0.2) is 8.78 Å². The van der Waals surface area contributed by atoms with E-state index in [4.69, 9.17) is 15.1 Å². The first-order chi connectivity index (χ1) is 20.3. The molecule has 0 spiro atoms. The Labute approximate surface area is 245 Å². The van der Waals surface area contributed by atoms with Crippen LogP contribution >= 0.6 is 0 Å². The zero-order valence-electron chi connectivity index (χ0n) is 24.6. The summed E-state index contributed by atoms with van der Waals surface area (Å²) in [6, 6.07) is 6.57. The maximum Gasteiger partial charge on any atom is 0.319 e. The van der Waals surface area contributed by atoms with Crippen molar-refractivity contribution >= 4 is 28.6 Å². The van der Waals surface area contributed by atoms with Crippen molar-refractivity contribution in [1.29, 1.82) is 5.41 Å². The van der Waals surface area contributed by atoms with Crippen LogP contribution in [-0.4, -0.2) is 84.7 Å². The second-order valence-corrected chi connectivity index (χ2v) is 12.6. The number of anilines is 2. The second kappa shape index (κ2) is 10.4. The highest BCUT2D eigenvalue weighted by Gasteiger charge is 2.49. The molecule has 1 aromatic heterocycles. The Balaban J connectivity index is 1.35. The Morgan fingerprint density at radius 1 is 1.19 bits per heavy atom. The predicted molar refractivity (Wildman–Crippen MR) is 163 cm³/mol. The summed E-state index contributed by atoms with van der Waals surface area (Å²) < 4.78 is 37.5. The van der Waals surface area contributed by atoms with Gasteiger partial charge in [-0.2, -0.15) is 9.97 Å². The van der Waals surface area contributed by atoms with Crippen LogP contribution in [0.2, 0.25) is 0 Å². The summed E-state index contributed by atoms with van der Waals surface area (Å²) in [5, 5.41) is 15.5. The number of alkyl halides is 1. The van der Waals surface area contributed by atoms with Gasteiger partial charge in [0.25, 0.3) is 0 Å². The summed E-state index contributed by atoms with van der Waals surface area (Å²) >= 11 is 0. The minimum atomic E-state index is -0.858. The average molecular weight is 576 g/mol. The van der Waals surface area contributed by atoms with Gasteiger partial charge in [-0.1, -0.05) is 6.07 Å². The fraction of sp³-hybridized carbons (Fsp3) is 0.531. The quantitative estimate of drug-likeness (QED) is 0.342. The van der Waals surface area contributed by atoms with Gasteiger partial charge in [-0.05, 0) is 69.3 Å². The number of nitrogens with zero attached hydrogens (tertiary/aromatic N) is 4. The zero-order valence-corrected chi connectivity index (χ0v) is 24.6. The largest absolute Gasteiger partial charge is 0.461 e. The number of halogens is 2. The van der Waals surface area contributed by atoms with Gasteiger partial charge in [-0.3, -0.25) is 4.90 Å². The number of hydrogen-bond donors (Lipinski definition) is 3. The zero-order chi connectivity index (χ0) is 29.2. The van der Waals surface area contributed by atoms with Crippen LogP contribution in [0, 0.1) is 25.1 Å². The number of benzene rings is 2. The van der Waals surface area contributed by atoms with Gasteiger partial charge in [-0.15, -0.1) is 0 Å². The average Bonchev–Trinajstić information content (AvgIpc) is 3.63. The van der Waals surface area contributed by atoms with Gasteiger partial charge < -0.3 is 25.7 Å². The Morgan fingerprint density at radius 3 is 2.71 bits per heavy atom. The van der Waals surface area contributed by atoms with Crippen molar-refractivity contribution in [3.05, 3.63) is 40.7 Å². The molecule has 0 aliphatic carbocycles. The first-order valence-electron chi connectivity index (χ1n) is 15.2. The van der Waals surface area contributed by atoms with Crippen LogP contribution < -0.4 is 20.3 Å². The van der Waals surface area contributed by atoms with Gasteiger partial charge in [0.1, 0.15) is 24.1 Å². The monoisotopic (exact) mass is 575 g/mol. The van der Waals surface area contributed by atoms with Crippen molar-refractivity contribution in [2.24, 2.45) is 0 Å². The molecule has 2 unspecified atom stereocenters. The van der Waals surface area contributed by atoms with Gasteiger partial charge in [0, 0.05) is 73.5 Å². The molecule has 4 aliphatic heterocycles. The molecule has 2 aromatic carbocycles. The summed E-state index contributed by atoms with van der Waals surface area (Å²) in [5.41, 5.74) is 4.33. The van der Waals surface area contributed by atoms with E-state index in [1.54, 1.807) is 7.05 Å². The molecule has 42 heavy (non-hydrogen) atoms. The van der Waals surface area contributed by atoms with Crippen LogP contribution in [0.1, 0.15) is 48.8 Å². The Bertz CT molecular complexity index is 1550. The van der Waals surface area contributed by atoms with Crippen LogP contribution in [0.3, 0.4) is 0 Å². The minimum Gasteiger partial charge on any atom is -0.461 e. The Hall–Kier alpha value is -3.37. The van der Waals surface area contributed by atoms with E-state index in [9.17, 15) is 4.39 Å². The highest BCUT2D eigenvalue weighted by molar-refractivity contribution is 5.99. The lowest BCUT2D eigenvalue weighted by molar-refractivity contribution is 0.107. The summed E-state index contributed by atoms with van der Waals surface area (Å²) in [6.45, 7) is 7.13. The Kier molecular flexibility index (Phi) is 6.81. The van der Waals surface area contributed by atoms with Gasteiger partial charge in [0.05, 0.1) is 11.2 Å². The maximum absolute atomic E-state index is 16.8. The van der Waals surface area contributed by atoms with E-state index in [1.807, 2.05) is 32.0 Å². The standard InChI is InChI=1S/C32H39F2N7O/c1-18-11-20(13-35)28(36-3)26(19(18)2)24-7-8-25-29(27(24)34)38-31(39-30(25)40-15-22-5-6-23(16-40)37-22)42-17-32-9-4-10-41(32)14-21(33)12-32/h7-8,11,13,21-23,35-37H,4-6,9-10,12,14-17H2,1-3H3/t21-,22?,23?,32+/m1/s1. The van der Waals surface area contributed by atoms with E-state index in [0.29, 0.717) is 53.1 Å². The van der Waals surface area contributed by atoms with Crippen LogP contribution in [0.4, 0.5) is 20.3 Å². The van der Waals surface area contributed by atoms with E-state index in [2.05, 4.69) is 25.4 Å². The maximum atomic E-state index is 16.8. The van der Waals surface area contributed by atoms with Crippen molar-refractivity contribution in [1.82, 2.24) is 20.2 Å². The first kappa shape index (κ1) is 27.5. The second-order valence-electron chi connectivity index (χ2n) is 12.6. The van der Waals surface area contributed by atoms with Crippen molar-refractivity contribution < 1.29 is 13.5 Å². The molecular formula is C32H39F2N7O. The number of ether oxygens (including phenoxy) is 1. The molecule has 4 aliphatic rings. The number of hydrogen-bond acceptors (Lipinski definition) is 8. The number of aromatic nitrogens is 2. The van der Waals surface area contributed by atoms with Crippen LogP contribution in [0.25, 0.3) is 22.0 Å². The van der Waals surface area contributed by atoms with Crippen molar-refractivity contribution in [2.75, 3.05) is 50.1 Å². The topological polar surface area (TPSA) is 89.4 Å². The molecule has 2 bridgehead atoms. The molecule has 0 saturated carbocycles. The van der Waals surface area contributed by atoms with E-state index in [0.717, 1.165) is 62.0 Å². The van der Waals surface area contributed by atoms with E-state index < -0.39 is 12.0 Å². The molecule has 4 saturated heterocycles. The molecule has 4 atom stereocenters. The summed E-state index contributed by atoms with van der Waals surface area (Å²) in [7, 11) is 1.79. The minimum absolute atomic E-state index is 0.137. The lowest BCUT2D eigenvalue weighted by atomic mass is 9.91. The smallest absolute Gasteiger partial charge is 0.319 e. The molecule has 5 heterocycles. The lowest BCUT2D eigenvalue weighted by Crippen LogP contribution is -2.51. The van der Waals surface area contributed by atoms with E-state index >= 15 is 4.39 Å². The highest BCUT2D eigenvalue weighted by atomic mass is 19.1. The molecule has 0 radical (unpaired) electrons. The molecule has 3 aromatic rings. The summed E-state index contributed by atoms with van der Waals surface area (Å²) in [6.07, 6.45) is 5.01. The van der Waals surface area contributed by atoms with Crippen molar-refractivity contribution in [3.8, 4) is 17.1 Å². The predicted octanol–water partition coefficient (Wildman–Crippen LogP) is 4.99. The molecule has 222 valence electrons. The number of rotatable bonds is 7.